The summed E-state index contributed by atoms with van der Waals surface area (Å²) in [6.07, 6.45) is 11.0. The number of epoxide rings is 3. The first-order valence-corrected chi connectivity index (χ1v) is 17.0. The van der Waals surface area contributed by atoms with E-state index < -0.39 is 0 Å². The molecule has 5 unspecified atom stereocenters. The minimum Gasteiger partial charge on any atom is -0.495 e. The van der Waals surface area contributed by atoms with Crippen molar-refractivity contribution in [1.29, 1.82) is 0 Å². The first kappa shape index (κ1) is 32.5. The van der Waals surface area contributed by atoms with Gasteiger partial charge in [-0.05, 0) is 71.2 Å². The van der Waals surface area contributed by atoms with Gasteiger partial charge in [0.05, 0.1) is 32.2 Å². The molecule has 5 atom stereocenters. The Morgan fingerprint density at radius 3 is 1.58 bits per heavy atom. The van der Waals surface area contributed by atoms with Crippen molar-refractivity contribution in [2.24, 2.45) is 0 Å². The number of ether oxygens (including phenoxy) is 8. The molecule has 0 saturated carbocycles. The summed E-state index contributed by atoms with van der Waals surface area (Å²) in [4.78, 5) is 0. The average molecular weight is 653 g/mol. The van der Waals surface area contributed by atoms with E-state index in [0.29, 0.717) is 26.4 Å². The Morgan fingerprint density at radius 2 is 1.08 bits per heavy atom. The summed E-state index contributed by atoms with van der Waals surface area (Å²) in [5, 5.41) is 0. The van der Waals surface area contributed by atoms with Crippen LogP contribution in [0.25, 0.3) is 0 Å². The molecule has 8 nitrogen and oxygen atoms in total. The summed E-state index contributed by atoms with van der Waals surface area (Å²) in [6, 6.07) is 25.3. The third kappa shape index (κ3) is 9.29. The first-order valence-electron chi connectivity index (χ1n) is 17.0. The van der Waals surface area contributed by atoms with Crippen LogP contribution in [0.2, 0.25) is 0 Å². The van der Waals surface area contributed by atoms with Gasteiger partial charge in [-0.2, -0.15) is 0 Å². The van der Waals surface area contributed by atoms with Gasteiger partial charge in [0, 0.05) is 18.3 Å². The van der Waals surface area contributed by atoms with Crippen LogP contribution in [0, 0.1) is 0 Å². The molecule has 0 aromatic heterocycles. The highest BCUT2D eigenvalue weighted by molar-refractivity contribution is 5.50. The van der Waals surface area contributed by atoms with Crippen molar-refractivity contribution < 1.29 is 37.9 Å². The van der Waals surface area contributed by atoms with Crippen molar-refractivity contribution >= 4 is 0 Å². The van der Waals surface area contributed by atoms with Crippen molar-refractivity contribution in [1.82, 2.24) is 0 Å². The van der Waals surface area contributed by atoms with E-state index in [9.17, 15) is 0 Å². The molecule has 3 saturated heterocycles. The van der Waals surface area contributed by atoms with Crippen molar-refractivity contribution in [3.8, 4) is 17.2 Å². The fourth-order valence-corrected chi connectivity index (χ4v) is 5.79. The van der Waals surface area contributed by atoms with Crippen LogP contribution in [-0.4, -0.2) is 71.4 Å². The summed E-state index contributed by atoms with van der Waals surface area (Å²) >= 11 is 0. The lowest BCUT2D eigenvalue weighted by Gasteiger charge is -2.30. The van der Waals surface area contributed by atoms with E-state index >= 15 is 0 Å². The molecular formula is C40H44O8. The molecule has 3 aromatic rings. The molecular weight excluding hydrogens is 608 g/mol. The predicted octanol–water partition coefficient (Wildman–Crippen LogP) is 7.11. The molecule has 0 N–H and O–H groups in total. The summed E-state index contributed by atoms with van der Waals surface area (Å²) in [7, 11) is 0. The average Bonchev–Trinajstić information content (AvgIpc) is 3.97. The Hall–Kier alpha value is -4.08. The topological polar surface area (TPSA) is 83.7 Å². The smallest absolute Gasteiger partial charge is 0.189 e. The lowest BCUT2D eigenvalue weighted by Crippen LogP contribution is -2.15. The maximum Gasteiger partial charge on any atom is 0.189 e. The van der Waals surface area contributed by atoms with E-state index in [0.717, 1.165) is 61.2 Å². The molecule has 3 fully saturated rings. The zero-order valence-corrected chi connectivity index (χ0v) is 27.5. The second kappa shape index (κ2) is 15.9. The quantitative estimate of drug-likeness (QED) is 0.0770. The van der Waals surface area contributed by atoms with Gasteiger partial charge in [0.15, 0.2) is 6.79 Å². The molecule has 7 rings (SSSR count). The van der Waals surface area contributed by atoms with Crippen molar-refractivity contribution in [2.45, 2.75) is 49.9 Å². The van der Waals surface area contributed by atoms with Gasteiger partial charge in [0.25, 0.3) is 0 Å². The number of rotatable bonds is 19. The van der Waals surface area contributed by atoms with Crippen molar-refractivity contribution in [2.75, 3.05) is 53.0 Å². The van der Waals surface area contributed by atoms with E-state index in [1.807, 2.05) is 12.1 Å². The SMILES string of the molecule is CCCOCOc1ccc(C(c2ccc(OCC3CO3)cc2)C(C2=CC=C(OCC3CO3)CC=C2)c2ccc(OCC3CO3)cc2)cc1. The van der Waals surface area contributed by atoms with Gasteiger partial charge >= 0.3 is 0 Å². The number of allylic oxidation sites excluding steroid dienone is 5. The zero-order chi connectivity index (χ0) is 32.5. The summed E-state index contributed by atoms with van der Waals surface area (Å²) < 4.78 is 45.6. The van der Waals surface area contributed by atoms with Gasteiger partial charge in [-0.15, -0.1) is 0 Å². The zero-order valence-electron chi connectivity index (χ0n) is 27.5. The largest absolute Gasteiger partial charge is 0.495 e. The monoisotopic (exact) mass is 652 g/mol. The molecule has 48 heavy (non-hydrogen) atoms. The molecule has 3 heterocycles. The predicted molar refractivity (Wildman–Crippen MR) is 182 cm³/mol. The highest BCUT2D eigenvalue weighted by Crippen LogP contribution is 2.45. The summed E-state index contributed by atoms with van der Waals surface area (Å²) in [6.45, 7) is 7.01. The van der Waals surface area contributed by atoms with E-state index in [1.165, 1.54) is 16.7 Å². The number of hydrogen-bond acceptors (Lipinski definition) is 8. The molecule has 0 bridgehead atoms. The molecule has 252 valence electrons. The molecule has 3 aliphatic heterocycles. The van der Waals surface area contributed by atoms with Crippen LogP contribution in [0.15, 0.2) is 108 Å². The molecule has 8 heteroatoms. The third-order valence-electron chi connectivity index (χ3n) is 8.69. The van der Waals surface area contributed by atoms with Crippen LogP contribution in [0.4, 0.5) is 0 Å². The lowest BCUT2D eigenvalue weighted by atomic mass is 9.73. The molecule has 0 amide bonds. The number of hydrogen-bond donors (Lipinski definition) is 0. The van der Waals surface area contributed by atoms with Crippen LogP contribution in [0.3, 0.4) is 0 Å². The molecule has 0 radical (unpaired) electrons. The van der Waals surface area contributed by atoms with Crippen LogP contribution in [0.5, 0.6) is 17.2 Å². The summed E-state index contributed by atoms with van der Waals surface area (Å²) in [5.41, 5.74) is 4.69. The number of benzene rings is 3. The van der Waals surface area contributed by atoms with Gasteiger partial charge in [0.2, 0.25) is 0 Å². The van der Waals surface area contributed by atoms with Gasteiger partial charge in [-0.1, -0.05) is 61.5 Å². The molecule has 0 spiro atoms. The Bertz CT molecular complexity index is 1550. The minimum atomic E-state index is -0.0329. The molecule has 4 aliphatic rings. The third-order valence-corrected chi connectivity index (χ3v) is 8.69. The van der Waals surface area contributed by atoms with Gasteiger partial charge in [-0.25, -0.2) is 0 Å². The van der Waals surface area contributed by atoms with Crippen LogP contribution in [-0.2, 0) is 23.7 Å². The van der Waals surface area contributed by atoms with Crippen LogP contribution in [0.1, 0.15) is 48.3 Å². The van der Waals surface area contributed by atoms with Crippen LogP contribution >= 0.6 is 0 Å². The Morgan fingerprint density at radius 1 is 0.604 bits per heavy atom. The Labute approximate surface area is 282 Å². The summed E-state index contributed by atoms with van der Waals surface area (Å²) in [5.74, 6) is 3.31. The van der Waals surface area contributed by atoms with E-state index in [-0.39, 0.29) is 36.9 Å². The maximum atomic E-state index is 6.10. The molecule has 3 aromatic carbocycles. The fourth-order valence-electron chi connectivity index (χ4n) is 5.79. The highest BCUT2D eigenvalue weighted by atomic mass is 16.7. The standard InChI is InChI=1S/C40H44O8/c1-2-20-41-27-48-35-18-11-31(12-19-35)40(30-9-16-34(17-10-30)44-23-38-26-47-38)39(29-7-14-33(15-8-29)43-22-37-25-46-37)28-4-3-5-32(13-6-28)42-21-36-24-45-36/h3-4,6-19,36-40H,2,5,20-27H2,1H3. The second-order valence-corrected chi connectivity index (χ2v) is 12.5. The van der Waals surface area contributed by atoms with Crippen molar-refractivity contribution in [3.05, 3.63) is 125 Å². The van der Waals surface area contributed by atoms with E-state index in [2.05, 4.69) is 91.9 Å². The highest BCUT2D eigenvalue weighted by Gasteiger charge is 2.30. The van der Waals surface area contributed by atoms with E-state index in [1.54, 1.807) is 0 Å². The normalized spacial score (nSPS) is 22.1. The Kier molecular flexibility index (Phi) is 10.7. The Balaban J connectivity index is 1.23. The second-order valence-electron chi connectivity index (χ2n) is 12.5. The molecule has 1 aliphatic carbocycles. The fraction of sp³-hybridized carbons (Fsp3) is 0.400. The van der Waals surface area contributed by atoms with Gasteiger partial charge in [-0.3, -0.25) is 0 Å². The van der Waals surface area contributed by atoms with Gasteiger partial charge < -0.3 is 37.9 Å². The van der Waals surface area contributed by atoms with Crippen molar-refractivity contribution in [3.63, 3.8) is 0 Å². The van der Waals surface area contributed by atoms with Gasteiger partial charge in [0.1, 0.15) is 55.4 Å². The van der Waals surface area contributed by atoms with E-state index in [4.69, 9.17) is 37.9 Å². The first-order chi connectivity index (χ1) is 23.7. The maximum absolute atomic E-state index is 6.10. The minimum absolute atomic E-state index is 0.0317. The lowest BCUT2D eigenvalue weighted by molar-refractivity contribution is 0.0157. The van der Waals surface area contributed by atoms with Crippen LogP contribution < -0.4 is 14.2 Å².